The van der Waals surface area contributed by atoms with Gasteiger partial charge in [-0.3, -0.25) is 4.79 Å². The molecule has 6 heteroatoms. The summed E-state index contributed by atoms with van der Waals surface area (Å²) in [6.07, 6.45) is 1.81. The lowest BCUT2D eigenvalue weighted by Gasteiger charge is -1.99. The van der Waals surface area contributed by atoms with Crippen molar-refractivity contribution in [3.8, 4) is 16.3 Å². The van der Waals surface area contributed by atoms with Crippen molar-refractivity contribution in [2.45, 2.75) is 6.92 Å². The van der Waals surface area contributed by atoms with Gasteiger partial charge in [0.2, 0.25) is 5.91 Å². The van der Waals surface area contributed by atoms with E-state index in [1.54, 1.807) is 10.9 Å². The zero-order valence-corrected chi connectivity index (χ0v) is 12.8. The molecular weight excluding hydrogens is 306 g/mol. The molecule has 21 heavy (non-hydrogen) atoms. The van der Waals surface area contributed by atoms with Gasteiger partial charge < -0.3 is 5.32 Å². The number of benzene rings is 1. The van der Waals surface area contributed by atoms with Crippen LogP contribution in [0.4, 0.5) is 5.69 Å². The lowest BCUT2D eigenvalue weighted by molar-refractivity contribution is -0.114. The van der Waals surface area contributed by atoms with E-state index < -0.39 is 0 Å². The second-order valence-corrected chi connectivity index (χ2v) is 6.17. The van der Waals surface area contributed by atoms with Crippen LogP contribution in [0, 0.1) is 0 Å². The predicted octanol–water partition coefficient (Wildman–Crippen LogP) is 4.21. The molecule has 0 aliphatic rings. The average molecular weight is 318 g/mol. The van der Waals surface area contributed by atoms with Gasteiger partial charge in [0.05, 0.1) is 26.8 Å². The number of para-hydroxylation sites is 1. The summed E-state index contributed by atoms with van der Waals surface area (Å²) in [5.41, 5.74) is 2.31. The molecule has 0 radical (unpaired) electrons. The second kappa shape index (κ2) is 5.71. The Morgan fingerprint density at radius 3 is 2.62 bits per heavy atom. The maximum atomic E-state index is 11.4. The number of aromatic nitrogens is 2. The molecule has 2 heterocycles. The van der Waals surface area contributed by atoms with Crippen molar-refractivity contribution in [1.82, 2.24) is 9.78 Å². The second-order valence-electron chi connectivity index (χ2n) is 4.46. The summed E-state index contributed by atoms with van der Waals surface area (Å²) in [6.45, 7) is 1.48. The minimum Gasteiger partial charge on any atom is -0.323 e. The van der Waals surface area contributed by atoms with Crippen LogP contribution in [0.1, 0.15) is 6.92 Å². The number of thiophene rings is 1. The number of halogens is 1. The van der Waals surface area contributed by atoms with Gasteiger partial charge in [-0.15, -0.1) is 11.3 Å². The van der Waals surface area contributed by atoms with Crippen LogP contribution in [0.15, 0.2) is 48.7 Å². The van der Waals surface area contributed by atoms with Gasteiger partial charge >= 0.3 is 0 Å². The quantitative estimate of drug-likeness (QED) is 0.786. The van der Waals surface area contributed by atoms with Crippen molar-refractivity contribution in [2.75, 3.05) is 5.32 Å². The molecule has 4 nitrogen and oxygen atoms in total. The number of amides is 1. The van der Waals surface area contributed by atoms with Gasteiger partial charge in [0.1, 0.15) is 5.69 Å². The topological polar surface area (TPSA) is 46.9 Å². The fraction of sp³-hybridized carbons (Fsp3) is 0.0667. The van der Waals surface area contributed by atoms with E-state index in [1.165, 1.54) is 18.3 Å². The van der Waals surface area contributed by atoms with Crippen molar-refractivity contribution >= 4 is 34.5 Å². The molecule has 0 bridgehead atoms. The predicted molar refractivity (Wildman–Crippen MR) is 86.2 cm³/mol. The Hall–Kier alpha value is -2.11. The Kier molecular flexibility index (Phi) is 3.77. The van der Waals surface area contributed by atoms with E-state index in [1.807, 2.05) is 42.5 Å². The molecule has 0 spiro atoms. The Morgan fingerprint density at radius 1 is 1.24 bits per heavy atom. The van der Waals surface area contributed by atoms with Crippen LogP contribution >= 0.6 is 22.9 Å². The van der Waals surface area contributed by atoms with Gasteiger partial charge in [-0.05, 0) is 24.3 Å². The maximum absolute atomic E-state index is 11.4. The maximum Gasteiger partial charge on any atom is 0.221 e. The van der Waals surface area contributed by atoms with Gasteiger partial charge in [-0.2, -0.15) is 5.10 Å². The number of anilines is 1. The van der Waals surface area contributed by atoms with Gasteiger partial charge in [0.25, 0.3) is 0 Å². The molecular formula is C15H12ClN3OS. The summed E-state index contributed by atoms with van der Waals surface area (Å²) < 4.78 is 2.43. The fourth-order valence-corrected chi connectivity index (χ4v) is 3.03. The molecule has 1 N–H and O–H groups in total. The van der Waals surface area contributed by atoms with Crippen LogP contribution in [0.5, 0.6) is 0 Å². The highest BCUT2D eigenvalue weighted by atomic mass is 35.5. The highest BCUT2D eigenvalue weighted by molar-refractivity contribution is 7.19. The third-order valence-electron chi connectivity index (χ3n) is 2.85. The lowest BCUT2D eigenvalue weighted by atomic mass is 10.3. The summed E-state index contributed by atoms with van der Waals surface area (Å²) >= 11 is 7.42. The summed E-state index contributed by atoms with van der Waals surface area (Å²) in [5, 5.41) is 7.38. The molecule has 0 fully saturated rings. The first kappa shape index (κ1) is 13.9. The zero-order chi connectivity index (χ0) is 14.8. The average Bonchev–Trinajstić information content (AvgIpc) is 3.05. The molecule has 3 aromatic rings. The molecule has 106 valence electrons. The third-order valence-corrected chi connectivity index (χ3v) is 4.09. The molecule has 0 atom stereocenters. The molecule has 0 saturated heterocycles. The van der Waals surface area contributed by atoms with E-state index in [9.17, 15) is 4.79 Å². The van der Waals surface area contributed by atoms with Crippen molar-refractivity contribution < 1.29 is 4.79 Å². The minimum absolute atomic E-state index is 0.133. The number of hydrogen-bond acceptors (Lipinski definition) is 3. The first-order valence-electron chi connectivity index (χ1n) is 6.32. The molecule has 3 rings (SSSR count). The normalized spacial score (nSPS) is 10.6. The minimum atomic E-state index is -0.133. The Labute approximate surface area is 131 Å². The zero-order valence-electron chi connectivity index (χ0n) is 11.2. The monoisotopic (exact) mass is 317 g/mol. The summed E-state index contributed by atoms with van der Waals surface area (Å²) in [6, 6.07) is 13.5. The van der Waals surface area contributed by atoms with Crippen molar-refractivity contribution in [3.05, 3.63) is 53.0 Å². The van der Waals surface area contributed by atoms with Crippen molar-refractivity contribution in [1.29, 1.82) is 0 Å². The molecule has 0 aliphatic heterocycles. The molecule has 2 aromatic heterocycles. The van der Waals surface area contributed by atoms with E-state index >= 15 is 0 Å². The van der Waals surface area contributed by atoms with Gasteiger partial charge in [-0.1, -0.05) is 29.8 Å². The number of carbonyl (C=O) groups is 1. The number of hydrogen-bond donors (Lipinski definition) is 1. The third kappa shape index (κ3) is 2.99. The number of nitrogens with zero attached hydrogens (tertiary/aromatic N) is 2. The van der Waals surface area contributed by atoms with Crippen LogP contribution in [-0.2, 0) is 4.79 Å². The smallest absolute Gasteiger partial charge is 0.221 e. The van der Waals surface area contributed by atoms with Gasteiger partial charge in [-0.25, -0.2) is 4.68 Å². The van der Waals surface area contributed by atoms with Crippen LogP contribution in [0.3, 0.4) is 0 Å². The number of nitrogens with one attached hydrogen (secondary N) is 1. The highest BCUT2D eigenvalue weighted by Crippen LogP contribution is 2.35. The van der Waals surface area contributed by atoms with Gasteiger partial charge in [0, 0.05) is 6.92 Å². The highest BCUT2D eigenvalue weighted by Gasteiger charge is 2.15. The SMILES string of the molecule is CC(=O)Nc1cn(-c2ccccc2)nc1-c1ccc(Cl)s1. The standard InChI is InChI=1S/C15H12ClN3OS/c1-10(20)17-12-9-19(11-5-3-2-4-6-11)18-15(12)13-7-8-14(16)21-13/h2-9H,1H3,(H,17,20). The molecule has 1 aromatic carbocycles. The van der Waals surface area contributed by atoms with Crippen LogP contribution in [0.25, 0.3) is 16.3 Å². The van der Waals surface area contributed by atoms with E-state index in [4.69, 9.17) is 11.6 Å². The van der Waals surface area contributed by atoms with Crippen molar-refractivity contribution in [2.24, 2.45) is 0 Å². The summed E-state index contributed by atoms with van der Waals surface area (Å²) in [5.74, 6) is -0.133. The van der Waals surface area contributed by atoms with Crippen LogP contribution in [-0.4, -0.2) is 15.7 Å². The van der Waals surface area contributed by atoms with Crippen LogP contribution in [0.2, 0.25) is 4.34 Å². The Morgan fingerprint density at radius 2 is 2.00 bits per heavy atom. The van der Waals surface area contributed by atoms with Crippen molar-refractivity contribution in [3.63, 3.8) is 0 Å². The first-order chi connectivity index (χ1) is 10.1. The summed E-state index contributed by atoms with van der Waals surface area (Å²) in [4.78, 5) is 12.3. The Balaban J connectivity index is 2.09. The van der Waals surface area contributed by atoms with Crippen LogP contribution < -0.4 is 5.32 Å². The van der Waals surface area contributed by atoms with E-state index in [0.29, 0.717) is 15.7 Å². The van der Waals surface area contributed by atoms with Gasteiger partial charge in [0.15, 0.2) is 0 Å². The molecule has 1 amide bonds. The molecule has 0 saturated carbocycles. The van der Waals surface area contributed by atoms with E-state index in [0.717, 1.165) is 10.6 Å². The lowest BCUT2D eigenvalue weighted by Crippen LogP contribution is -2.05. The molecule has 0 aliphatic carbocycles. The summed E-state index contributed by atoms with van der Waals surface area (Å²) in [7, 11) is 0. The number of rotatable bonds is 3. The Bertz CT molecular complexity index is 779. The number of carbonyl (C=O) groups excluding carboxylic acids is 1. The van der Waals surface area contributed by atoms with E-state index in [2.05, 4.69) is 10.4 Å². The molecule has 0 unspecified atom stereocenters. The first-order valence-corrected chi connectivity index (χ1v) is 7.51. The largest absolute Gasteiger partial charge is 0.323 e. The van der Waals surface area contributed by atoms with E-state index in [-0.39, 0.29) is 5.91 Å². The fourth-order valence-electron chi connectivity index (χ4n) is 1.99.